The molecule has 1 aromatic carbocycles. The number of benzene rings is 1. The quantitative estimate of drug-likeness (QED) is 0.876. The van der Waals surface area contributed by atoms with Crippen LogP contribution in [0.15, 0.2) is 18.2 Å². The van der Waals surface area contributed by atoms with Gasteiger partial charge in [0.25, 0.3) is 0 Å². The van der Waals surface area contributed by atoms with Gasteiger partial charge < -0.3 is 10.4 Å². The van der Waals surface area contributed by atoms with Crippen molar-refractivity contribution in [2.24, 2.45) is 5.92 Å². The first-order valence-corrected chi connectivity index (χ1v) is 7.17. The lowest BCUT2D eigenvalue weighted by Crippen LogP contribution is -2.43. The monoisotopic (exact) mass is 265 g/mol. The molecule has 0 radical (unpaired) electrons. The second-order valence-corrected chi connectivity index (χ2v) is 6.09. The van der Waals surface area contributed by atoms with E-state index in [9.17, 15) is 9.50 Å². The molecule has 2 nitrogen and oxygen atoms in total. The van der Waals surface area contributed by atoms with Crippen molar-refractivity contribution in [3.63, 3.8) is 0 Å². The maximum Gasteiger partial charge on any atom is 0.126 e. The first-order chi connectivity index (χ1) is 8.98. The van der Waals surface area contributed by atoms with Crippen molar-refractivity contribution in [2.45, 2.75) is 51.7 Å². The summed E-state index contributed by atoms with van der Waals surface area (Å²) in [5.74, 6) is 0.566. The number of halogens is 1. The molecule has 1 aliphatic rings. The number of rotatable bonds is 4. The summed E-state index contributed by atoms with van der Waals surface area (Å²) in [7, 11) is 0. The lowest BCUT2D eigenvalue weighted by molar-refractivity contribution is -0.00630. The van der Waals surface area contributed by atoms with Gasteiger partial charge in [0.15, 0.2) is 0 Å². The molecule has 0 atom stereocenters. The zero-order valence-electron chi connectivity index (χ0n) is 11.9. The molecule has 2 N–H and O–H groups in total. The van der Waals surface area contributed by atoms with Gasteiger partial charge in [0, 0.05) is 13.1 Å². The van der Waals surface area contributed by atoms with Crippen molar-refractivity contribution >= 4 is 0 Å². The van der Waals surface area contributed by atoms with Crippen molar-refractivity contribution in [2.75, 3.05) is 6.54 Å². The van der Waals surface area contributed by atoms with Crippen LogP contribution in [0.3, 0.4) is 0 Å². The van der Waals surface area contributed by atoms with Crippen LogP contribution in [-0.2, 0) is 6.54 Å². The standard InChI is InChI=1S/C16H24FNO/c1-12-5-7-16(19,8-6-12)11-18-10-14-4-3-13(2)15(17)9-14/h3-4,9,12,18-19H,5-8,10-11H2,1-2H3. The maximum absolute atomic E-state index is 13.4. The van der Waals surface area contributed by atoms with E-state index in [0.717, 1.165) is 37.2 Å². The van der Waals surface area contributed by atoms with E-state index >= 15 is 0 Å². The largest absolute Gasteiger partial charge is 0.389 e. The molecule has 1 aliphatic carbocycles. The number of hydrogen-bond donors (Lipinski definition) is 2. The second kappa shape index (κ2) is 6.02. The Hall–Kier alpha value is -0.930. The molecule has 106 valence electrons. The van der Waals surface area contributed by atoms with Crippen molar-refractivity contribution in [1.82, 2.24) is 5.32 Å². The van der Waals surface area contributed by atoms with E-state index in [0.29, 0.717) is 18.7 Å². The number of aliphatic hydroxyl groups is 1. The molecule has 0 saturated heterocycles. The van der Waals surface area contributed by atoms with E-state index in [1.165, 1.54) is 0 Å². The zero-order chi connectivity index (χ0) is 13.9. The molecule has 0 amide bonds. The van der Waals surface area contributed by atoms with Gasteiger partial charge in [0.2, 0.25) is 0 Å². The number of aryl methyl sites for hydroxylation is 1. The van der Waals surface area contributed by atoms with Gasteiger partial charge >= 0.3 is 0 Å². The normalized spacial score (nSPS) is 27.5. The minimum atomic E-state index is -0.574. The molecule has 3 heteroatoms. The van der Waals surface area contributed by atoms with Crippen molar-refractivity contribution in [1.29, 1.82) is 0 Å². The van der Waals surface area contributed by atoms with Crippen molar-refractivity contribution in [3.8, 4) is 0 Å². The smallest absolute Gasteiger partial charge is 0.126 e. The summed E-state index contributed by atoms with van der Waals surface area (Å²) in [6, 6.07) is 5.29. The molecule has 2 rings (SSSR count). The third-order valence-electron chi connectivity index (χ3n) is 4.22. The van der Waals surface area contributed by atoms with E-state index < -0.39 is 5.60 Å². The fraction of sp³-hybridized carbons (Fsp3) is 0.625. The summed E-state index contributed by atoms with van der Waals surface area (Å²) < 4.78 is 13.4. The zero-order valence-corrected chi connectivity index (χ0v) is 11.9. The van der Waals surface area contributed by atoms with Crippen LogP contribution in [0.5, 0.6) is 0 Å². The van der Waals surface area contributed by atoms with Crippen LogP contribution in [0.1, 0.15) is 43.7 Å². The van der Waals surface area contributed by atoms with E-state index in [4.69, 9.17) is 0 Å². The molecule has 0 aromatic heterocycles. The Kier molecular flexibility index (Phi) is 4.58. The van der Waals surface area contributed by atoms with E-state index in [2.05, 4.69) is 12.2 Å². The number of hydrogen-bond acceptors (Lipinski definition) is 2. The molecule has 0 unspecified atom stereocenters. The van der Waals surface area contributed by atoms with Crippen LogP contribution in [0, 0.1) is 18.7 Å². The topological polar surface area (TPSA) is 32.3 Å². The Labute approximate surface area is 115 Å². The molecular weight excluding hydrogens is 241 g/mol. The molecule has 19 heavy (non-hydrogen) atoms. The van der Waals surface area contributed by atoms with Crippen molar-refractivity contribution in [3.05, 3.63) is 35.1 Å². The molecular formula is C16H24FNO. The van der Waals surface area contributed by atoms with Gasteiger partial charge in [0.1, 0.15) is 5.82 Å². The summed E-state index contributed by atoms with van der Waals surface area (Å²) in [6.07, 6.45) is 3.92. The van der Waals surface area contributed by atoms with Crippen LogP contribution in [0.25, 0.3) is 0 Å². The van der Waals surface area contributed by atoms with Gasteiger partial charge in [-0.05, 0) is 55.7 Å². The highest BCUT2D eigenvalue weighted by atomic mass is 19.1. The highest BCUT2D eigenvalue weighted by molar-refractivity contribution is 5.23. The average molecular weight is 265 g/mol. The second-order valence-electron chi connectivity index (χ2n) is 6.09. The minimum absolute atomic E-state index is 0.162. The van der Waals surface area contributed by atoms with Gasteiger partial charge in [-0.2, -0.15) is 0 Å². The fourth-order valence-electron chi connectivity index (χ4n) is 2.66. The molecule has 1 saturated carbocycles. The van der Waals surface area contributed by atoms with E-state index in [1.54, 1.807) is 19.1 Å². The number of nitrogens with one attached hydrogen (secondary N) is 1. The first kappa shape index (κ1) is 14.5. The highest BCUT2D eigenvalue weighted by Crippen LogP contribution is 2.31. The maximum atomic E-state index is 13.4. The van der Waals surface area contributed by atoms with Gasteiger partial charge in [-0.1, -0.05) is 19.1 Å². The molecule has 0 heterocycles. The van der Waals surface area contributed by atoms with Crippen LogP contribution in [0.4, 0.5) is 4.39 Å². The lowest BCUT2D eigenvalue weighted by atomic mass is 9.79. The van der Waals surface area contributed by atoms with Crippen LogP contribution in [0.2, 0.25) is 0 Å². The Morgan fingerprint density at radius 2 is 2.05 bits per heavy atom. The third kappa shape index (κ3) is 4.02. The Morgan fingerprint density at radius 3 is 2.68 bits per heavy atom. The minimum Gasteiger partial charge on any atom is -0.389 e. The summed E-state index contributed by atoms with van der Waals surface area (Å²) in [6.45, 7) is 5.20. The first-order valence-electron chi connectivity index (χ1n) is 7.17. The third-order valence-corrected chi connectivity index (χ3v) is 4.22. The Balaban J connectivity index is 1.81. The summed E-state index contributed by atoms with van der Waals surface area (Å²) >= 11 is 0. The summed E-state index contributed by atoms with van der Waals surface area (Å²) in [5, 5.41) is 13.7. The predicted octanol–water partition coefficient (Wildman–Crippen LogP) is 3.16. The average Bonchev–Trinajstić information content (AvgIpc) is 2.38. The van der Waals surface area contributed by atoms with Gasteiger partial charge in [-0.15, -0.1) is 0 Å². The summed E-state index contributed by atoms with van der Waals surface area (Å²) in [5.41, 5.74) is 1.02. The summed E-state index contributed by atoms with van der Waals surface area (Å²) in [4.78, 5) is 0. The van der Waals surface area contributed by atoms with Gasteiger partial charge in [0.05, 0.1) is 5.60 Å². The predicted molar refractivity (Wildman–Crippen MR) is 75.4 cm³/mol. The lowest BCUT2D eigenvalue weighted by Gasteiger charge is -2.35. The Morgan fingerprint density at radius 1 is 1.37 bits per heavy atom. The molecule has 1 fully saturated rings. The Bertz CT molecular complexity index is 425. The molecule has 1 aromatic rings. The molecule has 0 spiro atoms. The fourth-order valence-corrected chi connectivity index (χ4v) is 2.66. The SMILES string of the molecule is Cc1ccc(CNCC2(O)CCC(C)CC2)cc1F. The highest BCUT2D eigenvalue weighted by Gasteiger charge is 2.31. The van der Waals surface area contributed by atoms with Gasteiger partial charge in [-0.3, -0.25) is 0 Å². The van der Waals surface area contributed by atoms with E-state index in [-0.39, 0.29) is 5.82 Å². The van der Waals surface area contributed by atoms with Crippen molar-refractivity contribution < 1.29 is 9.50 Å². The van der Waals surface area contributed by atoms with Gasteiger partial charge in [-0.25, -0.2) is 4.39 Å². The molecule has 0 aliphatic heterocycles. The van der Waals surface area contributed by atoms with Crippen LogP contribution < -0.4 is 5.32 Å². The van der Waals surface area contributed by atoms with Crippen LogP contribution >= 0.6 is 0 Å². The van der Waals surface area contributed by atoms with Crippen LogP contribution in [-0.4, -0.2) is 17.3 Å². The molecule has 0 bridgehead atoms. The van der Waals surface area contributed by atoms with E-state index in [1.807, 2.05) is 6.07 Å².